The average molecular weight is 472 g/mol. The first-order valence-corrected chi connectivity index (χ1v) is 12.0. The van der Waals surface area contributed by atoms with Crippen molar-refractivity contribution in [1.82, 2.24) is 20.1 Å². The number of carbonyl (C=O) groups excluding carboxylic acids is 1. The number of anilines is 1. The van der Waals surface area contributed by atoms with Gasteiger partial charge in [0.15, 0.2) is 0 Å². The van der Waals surface area contributed by atoms with Crippen molar-refractivity contribution in [2.45, 2.75) is 6.54 Å². The molecule has 4 aromatic rings. The van der Waals surface area contributed by atoms with Gasteiger partial charge in [-0.05, 0) is 54.1 Å². The number of benzene rings is 2. The zero-order valence-corrected chi connectivity index (χ0v) is 19.7. The smallest absolute Gasteiger partial charge is 0.337 e. The van der Waals surface area contributed by atoms with Crippen molar-refractivity contribution in [3.63, 3.8) is 0 Å². The molecule has 1 aliphatic heterocycles. The summed E-state index contributed by atoms with van der Waals surface area (Å²) in [5, 5.41) is 10.4. The maximum atomic E-state index is 11.6. The minimum absolute atomic E-state index is 0.347. The van der Waals surface area contributed by atoms with Crippen LogP contribution in [0.25, 0.3) is 21.1 Å². The van der Waals surface area contributed by atoms with Gasteiger partial charge in [0.1, 0.15) is 10.0 Å². The van der Waals surface area contributed by atoms with Crippen LogP contribution in [0.2, 0.25) is 0 Å². The van der Waals surface area contributed by atoms with E-state index in [1.807, 2.05) is 24.5 Å². The lowest BCUT2D eigenvalue weighted by Gasteiger charge is -2.36. The molecule has 8 heteroatoms. The molecule has 0 amide bonds. The third kappa shape index (κ3) is 4.98. The quantitative estimate of drug-likeness (QED) is 0.387. The molecule has 0 radical (unpaired) electrons. The number of ether oxygens (including phenoxy) is 1. The summed E-state index contributed by atoms with van der Waals surface area (Å²) in [6.45, 7) is 5.07. The molecule has 2 aromatic carbocycles. The molecule has 7 nitrogen and oxygen atoms in total. The fourth-order valence-electron chi connectivity index (χ4n) is 4.05. The molecule has 0 bridgehead atoms. The number of rotatable bonds is 6. The molecule has 1 aliphatic rings. The van der Waals surface area contributed by atoms with Crippen LogP contribution in [0.1, 0.15) is 15.9 Å². The lowest BCUT2D eigenvalue weighted by atomic mass is 10.1. The highest BCUT2D eigenvalue weighted by Gasteiger charge is 2.18. The third-order valence-corrected chi connectivity index (χ3v) is 7.01. The molecule has 5 rings (SSSR count). The molecule has 0 saturated carbocycles. The summed E-state index contributed by atoms with van der Waals surface area (Å²) in [5.74, 6) is -0.347. The first-order chi connectivity index (χ1) is 16.7. The molecule has 34 heavy (non-hydrogen) atoms. The summed E-state index contributed by atoms with van der Waals surface area (Å²) >= 11 is 1.54. The third-order valence-electron chi connectivity index (χ3n) is 5.99. The summed E-state index contributed by atoms with van der Waals surface area (Å²) in [5.41, 5.74) is 5.04. The largest absolute Gasteiger partial charge is 0.465 e. The van der Waals surface area contributed by atoms with Crippen molar-refractivity contribution in [2.24, 2.45) is 0 Å². The Morgan fingerprint density at radius 2 is 1.44 bits per heavy atom. The van der Waals surface area contributed by atoms with Crippen molar-refractivity contribution in [3.8, 4) is 21.1 Å². The minimum Gasteiger partial charge on any atom is -0.465 e. The van der Waals surface area contributed by atoms with E-state index in [1.165, 1.54) is 29.7 Å². The number of pyridine rings is 1. The highest BCUT2D eigenvalue weighted by atomic mass is 32.1. The van der Waals surface area contributed by atoms with Gasteiger partial charge < -0.3 is 9.64 Å². The summed E-state index contributed by atoms with van der Waals surface area (Å²) in [4.78, 5) is 20.6. The van der Waals surface area contributed by atoms with Gasteiger partial charge in [0.05, 0.1) is 12.7 Å². The molecule has 2 aromatic heterocycles. The minimum atomic E-state index is -0.347. The fourth-order valence-corrected chi connectivity index (χ4v) is 4.90. The van der Waals surface area contributed by atoms with Gasteiger partial charge in [-0.1, -0.05) is 23.5 Å². The zero-order valence-electron chi connectivity index (χ0n) is 18.9. The van der Waals surface area contributed by atoms with E-state index in [1.54, 1.807) is 12.1 Å². The number of nitrogens with zero attached hydrogens (tertiary/aromatic N) is 5. The van der Waals surface area contributed by atoms with Gasteiger partial charge in [-0.25, -0.2) is 4.79 Å². The van der Waals surface area contributed by atoms with Crippen molar-refractivity contribution < 1.29 is 9.53 Å². The van der Waals surface area contributed by atoms with E-state index < -0.39 is 0 Å². The van der Waals surface area contributed by atoms with Crippen LogP contribution >= 0.6 is 11.3 Å². The Bertz CT molecular complexity index is 1230. The summed E-state index contributed by atoms with van der Waals surface area (Å²) in [6, 6.07) is 20.0. The Morgan fingerprint density at radius 3 is 2.03 bits per heavy atom. The molecule has 0 aliphatic carbocycles. The maximum Gasteiger partial charge on any atom is 0.337 e. The van der Waals surface area contributed by atoms with Gasteiger partial charge in [0.25, 0.3) is 0 Å². The van der Waals surface area contributed by atoms with Crippen molar-refractivity contribution >= 4 is 23.0 Å². The van der Waals surface area contributed by atoms with E-state index in [4.69, 9.17) is 4.74 Å². The number of aromatic nitrogens is 3. The van der Waals surface area contributed by atoms with Gasteiger partial charge in [-0.15, -0.1) is 10.2 Å². The van der Waals surface area contributed by atoms with Crippen LogP contribution in [0, 0.1) is 0 Å². The van der Waals surface area contributed by atoms with E-state index in [2.05, 4.69) is 61.4 Å². The SMILES string of the molecule is COC(=O)c1ccc(-c2nnc(-c3ccc(N4CCN(Cc5ccncc5)CC4)cc3)s2)cc1. The van der Waals surface area contributed by atoms with Crippen molar-refractivity contribution in [2.75, 3.05) is 38.2 Å². The van der Waals surface area contributed by atoms with E-state index >= 15 is 0 Å². The fraction of sp³-hybridized carbons (Fsp3) is 0.231. The summed E-state index contributed by atoms with van der Waals surface area (Å²) in [7, 11) is 1.38. The number of esters is 1. The van der Waals surface area contributed by atoms with Crippen LogP contribution in [0.4, 0.5) is 5.69 Å². The average Bonchev–Trinajstić information content (AvgIpc) is 3.40. The molecule has 0 unspecified atom stereocenters. The van der Waals surface area contributed by atoms with E-state index in [0.717, 1.165) is 53.9 Å². The van der Waals surface area contributed by atoms with E-state index in [9.17, 15) is 4.79 Å². The van der Waals surface area contributed by atoms with E-state index in [-0.39, 0.29) is 5.97 Å². The maximum absolute atomic E-state index is 11.6. The van der Waals surface area contributed by atoms with Crippen LogP contribution < -0.4 is 4.90 Å². The number of carbonyl (C=O) groups is 1. The number of hydrogen-bond acceptors (Lipinski definition) is 8. The van der Waals surface area contributed by atoms with Crippen LogP contribution in [0.3, 0.4) is 0 Å². The van der Waals surface area contributed by atoms with Gasteiger partial charge in [0, 0.05) is 61.9 Å². The number of hydrogen-bond donors (Lipinski definition) is 0. The Labute approximate surface area is 202 Å². The highest BCUT2D eigenvalue weighted by Crippen LogP contribution is 2.31. The first kappa shape index (κ1) is 22.2. The second-order valence-electron chi connectivity index (χ2n) is 8.15. The van der Waals surface area contributed by atoms with Gasteiger partial charge in [-0.2, -0.15) is 0 Å². The van der Waals surface area contributed by atoms with Crippen molar-refractivity contribution in [1.29, 1.82) is 0 Å². The summed E-state index contributed by atoms with van der Waals surface area (Å²) < 4.78 is 4.75. The Hall–Kier alpha value is -3.62. The van der Waals surface area contributed by atoms with Crippen LogP contribution in [0.15, 0.2) is 73.1 Å². The van der Waals surface area contributed by atoms with Gasteiger partial charge in [0.2, 0.25) is 0 Å². The number of methoxy groups -OCH3 is 1. The van der Waals surface area contributed by atoms with Gasteiger partial charge >= 0.3 is 5.97 Å². The molecule has 172 valence electrons. The molecular formula is C26H25N5O2S. The van der Waals surface area contributed by atoms with Crippen molar-refractivity contribution in [3.05, 3.63) is 84.2 Å². The number of piperazine rings is 1. The Balaban J connectivity index is 1.20. The predicted octanol–water partition coefficient (Wildman–Crippen LogP) is 4.38. The molecular weight excluding hydrogens is 446 g/mol. The second kappa shape index (κ2) is 10.1. The lowest BCUT2D eigenvalue weighted by molar-refractivity contribution is 0.0601. The molecule has 0 N–H and O–H groups in total. The van der Waals surface area contributed by atoms with Crippen LogP contribution in [-0.2, 0) is 11.3 Å². The standard InChI is InChI=1S/C26H25N5O2S/c1-33-26(32)22-4-2-20(3-5-22)24-28-29-25(34-24)21-6-8-23(9-7-21)31-16-14-30(15-17-31)18-19-10-12-27-13-11-19/h2-13H,14-18H2,1H3. The summed E-state index contributed by atoms with van der Waals surface area (Å²) in [6.07, 6.45) is 3.71. The normalized spacial score (nSPS) is 14.2. The Kier molecular flexibility index (Phi) is 6.60. The molecule has 0 spiro atoms. The topological polar surface area (TPSA) is 71.5 Å². The highest BCUT2D eigenvalue weighted by molar-refractivity contribution is 7.17. The lowest BCUT2D eigenvalue weighted by Crippen LogP contribution is -2.45. The molecule has 3 heterocycles. The van der Waals surface area contributed by atoms with Gasteiger partial charge in [-0.3, -0.25) is 9.88 Å². The monoisotopic (exact) mass is 471 g/mol. The molecule has 1 saturated heterocycles. The first-order valence-electron chi connectivity index (χ1n) is 11.2. The molecule has 0 atom stereocenters. The van der Waals surface area contributed by atoms with Crippen LogP contribution in [-0.4, -0.2) is 59.3 Å². The predicted molar refractivity (Wildman–Crippen MR) is 134 cm³/mol. The molecule has 1 fully saturated rings. The Morgan fingerprint density at radius 1 is 0.853 bits per heavy atom. The van der Waals surface area contributed by atoms with Crippen LogP contribution in [0.5, 0.6) is 0 Å². The second-order valence-corrected chi connectivity index (χ2v) is 9.12. The zero-order chi connectivity index (χ0) is 23.3. The van der Waals surface area contributed by atoms with E-state index in [0.29, 0.717) is 5.56 Å².